The Kier molecular flexibility index (Phi) is 10.5. The average molecular weight is 506 g/mol. The third-order valence-corrected chi connectivity index (χ3v) is 6.91. The number of benzene rings is 2. The summed E-state index contributed by atoms with van der Waals surface area (Å²) in [5, 5.41) is 3.93. The molecule has 0 aliphatic carbocycles. The van der Waals surface area contributed by atoms with Gasteiger partial charge in [-0.15, -0.1) is 0 Å². The third-order valence-electron chi connectivity index (χ3n) is 6.17. The van der Waals surface area contributed by atoms with Crippen LogP contribution in [0.15, 0.2) is 42.5 Å². The number of nitrogens with zero attached hydrogens (tertiary/aromatic N) is 1. The summed E-state index contributed by atoms with van der Waals surface area (Å²) >= 11 is 12.3. The van der Waals surface area contributed by atoms with Gasteiger partial charge in [-0.2, -0.15) is 0 Å². The number of hydrogen-bond donors (Lipinski definition) is 1. The van der Waals surface area contributed by atoms with Crippen LogP contribution in [0.3, 0.4) is 0 Å². The van der Waals surface area contributed by atoms with Crippen LogP contribution in [-0.2, 0) is 28.0 Å². The lowest BCUT2D eigenvalue weighted by Gasteiger charge is -2.31. The molecular formula is C28H38Cl2N2O2. The molecule has 0 bridgehead atoms. The molecule has 2 amide bonds. The first kappa shape index (κ1) is 28.2. The molecule has 4 nitrogen and oxygen atoms in total. The van der Waals surface area contributed by atoms with Crippen molar-refractivity contribution in [2.45, 2.75) is 91.3 Å². The quantitative estimate of drug-likeness (QED) is 0.380. The second-order valence-corrected chi connectivity index (χ2v) is 10.8. The minimum Gasteiger partial charge on any atom is -0.352 e. The first-order chi connectivity index (χ1) is 16.0. The van der Waals surface area contributed by atoms with Crippen molar-refractivity contribution in [3.8, 4) is 0 Å². The van der Waals surface area contributed by atoms with E-state index in [0.29, 0.717) is 35.9 Å². The van der Waals surface area contributed by atoms with Gasteiger partial charge in [0.2, 0.25) is 11.8 Å². The summed E-state index contributed by atoms with van der Waals surface area (Å²) in [6, 6.07) is 13.2. The zero-order valence-corrected chi connectivity index (χ0v) is 22.8. The highest BCUT2D eigenvalue weighted by Gasteiger charge is 2.29. The van der Waals surface area contributed by atoms with E-state index in [4.69, 9.17) is 23.2 Å². The molecule has 2 rings (SSSR count). The van der Waals surface area contributed by atoms with Crippen LogP contribution in [0.5, 0.6) is 0 Å². The number of carbonyl (C=O) groups excluding carboxylic acids is 2. The second-order valence-electron chi connectivity index (χ2n) is 9.96. The molecule has 2 atom stereocenters. The Labute approximate surface area is 215 Å². The normalized spacial score (nSPS) is 13.3. The topological polar surface area (TPSA) is 49.4 Å². The molecule has 34 heavy (non-hydrogen) atoms. The summed E-state index contributed by atoms with van der Waals surface area (Å²) in [7, 11) is 0. The largest absolute Gasteiger partial charge is 0.352 e. The fourth-order valence-corrected chi connectivity index (χ4v) is 4.08. The van der Waals surface area contributed by atoms with Gasteiger partial charge in [0, 0.05) is 19.0 Å². The highest BCUT2D eigenvalue weighted by atomic mass is 35.5. The molecule has 0 aromatic heterocycles. The maximum atomic E-state index is 13.4. The molecule has 0 heterocycles. The van der Waals surface area contributed by atoms with Gasteiger partial charge >= 0.3 is 0 Å². The SMILES string of the molecule is CC[C@@H](C)NC(=O)[C@@H](CC)N(Cc1ccc(Cl)c(Cl)c1)C(=O)CCc1ccc(C(C)(C)C)cc1. The second kappa shape index (κ2) is 12.6. The molecule has 0 radical (unpaired) electrons. The zero-order valence-electron chi connectivity index (χ0n) is 21.3. The van der Waals surface area contributed by atoms with Crippen LogP contribution in [-0.4, -0.2) is 28.8 Å². The van der Waals surface area contributed by atoms with Crippen molar-refractivity contribution in [1.29, 1.82) is 0 Å². The van der Waals surface area contributed by atoms with E-state index in [0.717, 1.165) is 17.5 Å². The van der Waals surface area contributed by atoms with Crippen molar-refractivity contribution < 1.29 is 9.59 Å². The van der Waals surface area contributed by atoms with Crippen LogP contribution in [0.1, 0.15) is 77.5 Å². The number of hydrogen-bond acceptors (Lipinski definition) is 2. The number of carbonyl (C=O) groups is 2. The Morgan fingerprint density at radius 2 is 1.56 bits per heavy atom. The Morgan fingerprint density at radius 1 is 0.941 bits per heavy atom. The van der Waals surface area contributed by atoms with Crippen molar-refractivity contribution in [2.75, 3.05) is 0 Å². The minimum atomic E-state index is -0.556. The van der Waals surface area contributed by atoms with Gasteiger partial charge in [-0.05, 0) is 60.4 Å². The van der Waals surface area contributed by atoms with Crippen molar-refractivity contribution >= 4 is 35.0 Å². The van der Waals surface area contributed by atoms with Crippen molar-refractivity contribution in [3.05, 3.63) is 69.2 Å². The fourth-order valence-electron chi connectivity index (χ4n) is 3.76. The van der Waals surface area contributed by atoms with E-state index >= 15 is 0 Å². The number of amides is 2. The molecule has 0 saturated carbocycles. The molecule has 0 fully saturated rings. The summed E-state index contributed by atoms with van der Waals surface area (Å²) in [6.07, 6.45) is 2.29. The van der Waals surface area contributed by atoms with Gasteiger partial charge < -0.3 is 10.2 Å². The monoisotopic (exact) mass is 504 g/mol. The predicted molar refractivity (Wildman–Crippen MR) is 142 cm³/mol. The predicted octanol–water partition coefficient (Wildman–Crippen LogP) is 6.95. The first-order valence-corrected chi connectivity index (χ1v) is 12.8. The minimum absolute atomic E-state index is 0.0461. The van der Waals surface area contributed by atoms with Gasteiger partial charge in [0.15, 0.2) is 0 Å². The third kappa shape index (κ3) is 8.02. The Bertz CT molecular complexity index is 967. The molecular weight excluding hydrogens is 467 g/mol. The fraction of sp³-hybridized carbons (Fsp3) is 0.500. The van der Waals surface area contributed by atoms with Crippen LogP contribution < -0.4 is 5.32 Å². The van der Waals surface area contributed by atoms with E-state index in [1.807, 2.05) is 26.8 Å². The maximum absolute atomic E-state index is 13.4. The van der Waals surface area contributed by atoms with E-state index in [2.05, 4.69) is 50.4 Å². The number of halogens is 2. The van der Waals surface area contributed by atoms with E-state index in [1.54, 1.807) is 17.0 Å². The van der Waals surface area contributed by atoms with Crippen molar-refractivity contribution in [2.24, 2.45) is 0 Å². The number of aryl methyl sites for hydroxylation is 1. The number of nitrogens with one attached hydrogen (secondary N) is 1. The van der Waals surface area contributed by atoms with E-state index in [1.165, 1.54) is 5.56 Å². The van der Waals surface area contributed by atoms with Crippen LogP contribution in [0.2, 0.25) is 10.0 Å². The molecule has 0 spiro atoms. The van der Waals surface area contributed by atoms with Gasteiger partial charge in [0.1, 0.15) is 6.04 Å². The molecule has 186 valence electrons. The lowest BCUT2D eigenvalue weighted by Crippen LogP contribution is -2.50. The standard InChI is InChI=1S/C28H38Cl2N2O2/c1-7-19(3)31-27(34)25(8-2)32(18-21-11-15-23(29)24(30)17-21)26(33)16-12-20-9-13-22(14-10-20)28(4,5)6/h9-11,13-15,17,19,25H,7-8,12,16,18H2,1-6H3,(H,31,34)/t19-,25-/m1/s1. The average Bonchev–Trinajstić information content (AvgIpc) is 2.79. The molecule has 0 aliphatic heterocycles. The van der Waals surface area contributed by atoms with E-state index in [9.17, 15) is 9.59 Å². The van der Waals surface area contributed by atoms with Crippen molar-refractivity contribution in [3.63, 3.8) is 0 Å². The molecule has 0 unspecified atom stereocenters. The van der Waals surface area contributed by atoms with Gasteiger partial charge in [0.25, 0.3) is 0 Å². The molecule has 0 saturated heterocycles. The Hall–Kier alpha value is -2.04. The van der Waals surface area contributed by atoms with Gasteiger partial charge in [-0.25, -0.2) is 0 Å². The summed E-state index contributed by atoms with van der Waals surface area (Å²) in [6.45, 7) is 12.8. The van der Waals surface area contributed by atoms with E-state index in [-0.39, 0.29) is 23.3 Å². The highest BCUT2D eigenvalue weighted by Crippen LogP contribution is 2.25. The van der Waals surface area contributed by atoms with Gasteiger partial charge in [0.05, 0.1) is 10.0 Å². The lowest BCUT2D eigenvalue weighted by atomic mass is 9.86. The molecule has 6 heteroatoms. The van der Waals surface area contributed by atoms with Crippen LogP contribution in [0.4, 0.5) is 0 Å². The highest BCUT2D eigenvalue weighted by molar-refractivity contribution is 6.42. The van der Waals surface area contributed by atoms with Crippen molar-refractivity contribution in [1.82, 2.24) is 10.2 Å². The summed E-state index contributed by atoms with van der Waals surface area (Å²) in [5.74, 6) is -0.183. The molecule has 2 aromatic carbocycles. The van der Waals surface area contributed by atoms with Gasteiger partial charge in [-0.1, -0.05) is 88.2 Å². The zero-order chi connectivity index (χ0) is 25.5. The lowest BCUT2D eigenvalue weighted by molar-refractivity contribution is -0.141. The smallest absolute Gasteiger partial charge is 0.243 e. The summed E-state index contributed by atoms with van der Waals surface area (Å²) in [4.78, 5) is 28.2. The number of rotatable bonds is 10. The van der Waals surface area contributed by atoms with E-state index < -0.39 is 6.04 Å². The van der Waals surface area contributed by atoms with Gasteiger partial charge in [-0.3, -0.25) is 9.59 Å². The molecule has 2 aromatic rings. The van der Waals surface area contributed by atoms with Crippen LogP contribution in [0.25, 0.3) is 0 Å². The molecule has 1 N–H and O–H groups in total. The maximum Gasteiger partial charge on any atom is 0.243 e. The Morgan fingerprint density at radius 3 is 2.09 bits per heavy atom. The first-order valence-electron chi connectivity index (χ1n) is 12.1. The van der Waals surface area contributed by atoms with Crippen LogP contribution in [0, 0.1) is 0 Å². The summed E-state index contributed by atoms with van der Waals surface area (Å²) in [5.41, 5.74) is 3.29. The molecule has 0 aliphatic rings. The summed E-state index contributed by atoms with van der Waals surface area (Å²) < 4.78 is 0. The Balaban J connectivity index is 2.23. The van der Waals surface area contributed by atoms with Crippen LogP contribution >= 0.6 is 23.2 Å².